The second-order valence-corrected chi connectivity index (χ2v) is 11.4. The molecule has 1 aliphatic heterocycles. The largest absolute Gasteiger partial charge is 0.497 e. The van der Waals surface area contributed by atoms with Gasteiger partial charge in [0.25, 0.3) is 0 Å². The van der Waals surface area contributed by atoms with Crippen LogP contribution in [0.25, 0.3) is 0 Å². The van der Waals surface area contributed by atoms with Gasteiger partial charge in [-0.05, 0) is 48.7 Å². The first-order valence-electron chi connectivity index (χ1n) is 12.0. The molecular weight excluding hydrogens is 516 g/mol. The Morgan fingerprint density at radius 2 is 1.92 bits per heavy atom. The third kappa shape index (κ3) is 7.44. The molecule has 0 aliphatic carbocycles. The highest BCUT2D eigenvalue weighted by molar-refractivity contribution is 7.91. The van der Waals surface area contributed by atoms with Gasteiger partial charge >= 0.3 is 0 Å². The zero-order chi connectivity index (χ0) is 27.2. The van der Waals surface area contributed by atoms with E-state index in [-0.39, 0.29) is 31.5 Å². The van der Waals surface area contributed by atoms with E-state index in [1.807, 2.05) is 25.2 Å². The lowest BCUT2D eigenvalue weighted by Gasteiger charge is -2.19. The molecule has 11 heteroatoms. The first kappa shape index (κ1) is 28.9. The number of likely N-dealkylation sites (N-methyl/N-ethyl adjacent to an activating group) is 2. The first-order chi connectivity index (χ1) is 17.5. The van der Waals surface area contributed by atoms with Crippen LogP contribution >= 0.6 is 11.6 Å². The molecule has 0 spiro atoms. The summed E-state index contributed by atoms with van der Waals surface area (Å²) in [5.74, 6) is 1.12. The van der Waals surface area contributed by atoms with E-state index in [0.717, 1.165) is 30.1 Å². The number of sulfone groups is 1. The Morgan fingerprint density at radius 3 is 2.51 bits per heavy atom. The highest BCUT2D eigenvalue weighted by Gasteiger charge is 2.21. The van der Waals surface area contributed by atoms with Gasteiger partial charge in [-0.15, -0.1) is 0 Å². The minimum Gasteiger partial charge on any atom is -0.497 e. The molecule has 2 aromatic carbocycles. The number of aryl methyl sites for hydroxylation is 2. The lowest BCUT2D eigenvalue weighted by atomic mass is 10.1. The molecule has 0 radical (unpaired) electrons. The Morgan fingerprint density at radius 1 is 1.22 bits per heavy atom. The number of hydrogen-bond acceptors (Lipinski definition) is 8. The summed E-state index contributed by atoms with van der Waals surface area (Å²) < 4.78 is 36.2. The summed E-state index contributed by atoms with van der Waals surface area (Å²) in [5.41, 5.74) is 3.06. The predicted octanol–water partition coefficient (Wildman–Crippen LogP) is 2.65. The number of hydrogen-bond donors (Lipinski definition) is 1. The van der Waals surface area contributed by atoms with Crippen molar-refractivity contribution in [3.8, 4) is 5.75 Å². The van der Waals surface area contributed by atoms with Crippen molar-refractivity contribution in [2.75, 3.05) is 59.9 Å². The molecule has 37 heavy (non-hydrogen) atoms. The van der Waals surface area contributed by atoms with Gasteiger partial charge in [-0.1, -0.05) is 23.7 Å². The number of carbonyl (C=O) groups is 1. The number of methoxy groups -OCH3 is 1. The number of aliphatic imine (C=N–C) groups is 1. The van der Waals surface area contributed by atoms with Crippen LogP contribution in [0.3, 0.4) is 0 Å². The average molecular weight is 551 g/mol. The van der Waals surface area contributed by atoms with E-state index < -0.39 is 9.84 Å². The molecule has 0 aromatic heterocycles. The minimum atomic E-state index is -3.53. The van der Waals surface area contributed by atoms with Crippen molar-refractivity contribution < 1.29 is 22.7 Å². The summed E-state index contributed by atoms with van der Waals surface area (Å²) in [6.07, 6.45) is 0. The smallest absolute Gasteiger partial charge is 0.248 e. The molecule has 0 fully saturated rings. The van der Waals surface area contributed by atoms with Gasteiger partial charge in [-0.25, -0.2) is 8.42 Å². The molecule has 0 atom stereocenters. The third-order valence-electron chi connectivity index (χ3n) is 6.12. The maximum Gasteiger partial charge on any atom is 0.248 e. The normalized spacial score (nSPS) is 13.6. The zero-order valence-corrected chi connectivity index (χ0v) is 23.6. The van der Waals surface area contributed by atoms with Crippen LogP contribution in [0.4, 0.5) is 0 Å². The van der Waals surface area contributed by atoms with Crippen molar-refractivity contribution >= 4 is 33.2 Å². The molecule has 3 rings (SSSR count). The van der Waals surface area contributed by atoms with Gasteiger partial charge in [0.2, 0.25) is 5.91 Å². The Kier molecular flexibility index (Phi) is 9.94. The minimum absolute atomic E-state index is 0.112. The number of nitrogens with one attached hydrogen (secondary N) is 1. The Bertz CT molecular complexity index is 1240. The number of benzene rings is 2. The van der Waals surface area contributed by atoms with Crippen molar-refractivity contribution in [2.24, 2.45) is 4.99 Å². The van der Waals surface area contributed by atoms with Gasteiger partial charge in [0.15, 0.2) is 9.84 Å². The fraction of sp³-hybridized carbons (Fsp3) is 0.462. The van der Waals surface area contributed by atoms with Gasteiger partial charge in [-0.2, -0.15) is 0 Å². The van der Waals surface area contributed by atoms with Crippen molar-refractivity contribution in [3.63, 3.8) is 0 Å². The predicted molar refractivity (Wildman–Crippen MR) is 145 cm³/mol. The van der Waals surface area contributed by atoms with Gasteiger partial charge in [0.05, 0.1) is 25.2 Å². The molecule has 1 N–H and O–H groups in total. The number of carbonyl (C=O) groups excluding carboxylic acids is 1. The van der Waals surface area contributed by atoms with Crippen LogP contribution in [0.15, 0.2) is 40.2 Å². The van der Waals surface area contributed by atoms with E-state index in [1.165, 1.54) is 0 Å². The summed E-state index contributed by atoms with van der Waals surface area (Å²) in [6.45, 7) is 5.88. The lowest BCUT2D eigenvalue weighted by molar-refractivity contribution is -0.135. The lowest BCUT2D eigenvalue weighted by Crippen LogP contribution is -2.32. The molecule has 1 aliphatic rings. The van der Waals surface area contributed by atoms with Gasteiger partial charge < -0.3 is 24.6 Å². The molecule has 202 valence electrons. The summed E-state index contributed by atoms with van der Waals surface area (Å²) in [5, 5.41) is 3.47. The second-order valence-electron chi connectivity index (χ2n) is 9.08. The zero-order valence-electron chi connectivity index (χ0n) is 22.0. The molecule has 9 nitrogen and oxygen atoms in total. The van der Waals surface area contributed by atoms with Crippen LogP contribution in [0.2, 0.25) is 5.02 Å². The fourth-order valence-electron chi connectivity index (χ4n) is 4.21. The van der Waals surface area contributed by atoms with Crippen molar-refractivity contribution in [3.05, 3.63) is 57.6 Å². The molecule has 0 saturated heterocycles. The summed E-state index contributed by atoms with van der Waals surface area (Å²) >= 11 is 6.48. The Balaban J connectivity index is 1.42. The average Bonchev–Trinajstić information content (AvgIpc) is 3.27. The van der Waals surface area contributed by atoms with Gasteiger partial charge in [0, 0.05) is 44.3 Å². The van der Waals surface area contributed by atoms with Crippen LogP contribution in [0.5, 0.6) is 5.75 Å². The molecular formula is C26H35ClN4O5S. The Labute approximate surface area is 224 Å². The van der Waals surface area contributed by atoms with E-state index in [0.29, 0.717) is 33.3 Å². The second kappa shape index (κ2) is 12.7. The van der Waals surface area contributed by atoms with Gasteiger partial charge in [-0.3, -0.25) is 9.79 Å². The van der Waals surface area contributed by atoms with E-state index in [9.17, 15) is 13.2 Å². The molecule has 0 unspecified atom stereocenters. The number of rotatable bonds is 12. The number of ether oxygens (including phenoxy) is 2. The van der Waals surface area contributed by atoms with Crippen molar-refractivity contribution in [1.82, 2.24) is 15.1 Å². The molecule has 2 aromatic rings. The number of amides is 1. The molecule has 0 bridgehead atoms. The van der Waals surface area contributed by atoms with Crippen LogP contribution in [-0.4, -0.2) is 89.9 Å². The first-order valence-corrected chi connectivity index (χ1v) is 14.0. The summed E-state index contributed by atoms with van der Waals surface area (Å²) in [4.78, 5) is 20.9. The standard InChI is InChI=1S/C26H35ClN4O5S/c1-18-12-22(35-5)13-19(2)25(18)37(33,34)17-28-9-11-36-16-24(32)31(4)15-21-7-6-20(14-23(21)27)26-29-8-10-30(26)3/h6-7,12-14,28H,8-11,15-17H2,1-5H3. The maximum atomic E-state index is 12.8. The fourth-order valence-corrected chi connectivity index (χ4v) is 6.11. The molecule has 0 saturated carbocycles. The maximum absolute atomic E-state index is 12.8. The van der Waals surface area contributed by atoms with E-state index in [1.54, 1.807) is 45.0 Å². The SMILES string of the molecule is COc1cc(C)c(S(=O)(=O)CNCCOCC(=O)N(C)Cc2ccc(C3=NCCN3C)cc2Cl)c(C)c1. The third-order valence-corrected chi connectivity index (χ3v) is 8.33. The number of amidine groups is 1. The van der Waals surface area contributed by atoms with Crippen LogP contribution < -0.4 is 10.1 Å². The Hall–Kier alpha value is -2.66. The van der Waals surface area contributed by atoms with Crippen LogP contribution in [0.1, 0.15) is 22.3 Å². The van der Waals surface area contributed by atoms with Crippen molar-refractivity contribution in [2.45, 2.75) is 25.3 Å². The molecule has 1 heterocycles. The van der Waals surface area contributed by atoms with Gasteiger partial charge in [0.1, 0.15) is 24.1 Å². The topological polar surface area (TPSA) is 101 Å². The molecule has 1 amide bonds. The number of nitrogens with zero attached hydrogens (tertiary/aromatic N) is 3. The number of halogens is 1. The summed E-state index contributed by atoms with van der Waals surface area (Å²) in [7, 11) is 1.70. The van der Waals surface area contributed by atoms with Crippen LogP contribution in [-0.2, 0) is 25.9 Å². The quantitative estimate of drug-likeness (QED) is 0.405. The summed E-state index contributed by atoms with van der Waals surface area (Å²) in [6, 6.07) is 9.16. The van der Waals surface area contributed by atoms with E-state index >= 15 is 0 Å². The monoisotopic (exact) mass is 550 g/mol. The van der Waals surface area contributed by atoms with E-state index in [2.05, 4.69) is 15.2 Å². The highest BCUT2D eigenvalue weighted by Crippen LogP contribution is 2.26. The highest BCUT2D eigenvalue weighted by atomic mass is 35.5. The van der Waals surface area contributed by atoms with Crippen molar-refractivity contribution in [1.29, 1.82) is 0 Å². The van der Waals surface area contributed by atoms with Crippen LogP contribution in [0, 0.1) is 13.8 Å². The van der Waals surface area contributed by atoms with E-state index in [4.69, 9.17) is 21.1 Å².